The Kier molecular flexibility index (Phi) is 8.50. The molecular formula is C18H28N4O. The minimum absolute atomic E-state index is 0.406. The number of carbonyl (C=O) groups excluding carboxylic acids is 1. The van der Waals surface area contributed by atoms with Gasteiger partial charge in [0, 0.05) is 32.7 Å². The molecule has 0 aromatic heterocycles. The van der Waals surface area contributed by atoms with Gasteiger partial charge >= 0.3 is 0 Å². The highest BCUT2D eigenvalue weighted by molar-refractivity contribution is 5.92. The van der Waals surface area contributed by atoms with Crippen molar-refractivity contribution in [2.75, 3.05) is 20.6 Å². The number of nitrogens with zero attached hydrogens (tertiary/aromatic N) is 2. The van der Waals surface area contributed by atoms with Crippen LogP contribution in [0, 0.1) is 0 Å². The molecule has 0 spiro atoms. The highest BCUT2D eigenvalue weighted by Gasteiger charge is 2.06. The van der Waals surface area contributed by atoms with E-state index in [1.54, 1.807) is 19.2 Å². The molecule has 5 nitrogen and oxygen atoms in total. The molecule has 3 N–H and O–H groups in total. The first-order chi connectivity index (χ1) is 11.1. The molecule has 0 radical (unpaired) electrons. The van der Waals surface area contributed by atoms with Gasteiger partial charge in [-0.15, -0.1) is 6.58 Å². The Morgan fingerprint density at radius 2 is 2.00 bits per heavy atom. The van der Waals surface area contributed by atoms with Gasteiger partial charge in [-0.2, -0.15) is 0 Å². The van der Waals surface area contributed by atoms with Crippen molar-refractivity contribution in [1.29, 1.82) is 0 Å². The summed E-state index contributed by atoms with van der Waals surface area (Å²) < 4.78 is 0. The van der Waals surface area contributed by atoms with Crippen LogP contribution >= 0.6 is 0 Å². The maximum atomic E-state index is 11.1. The summed E-state index contributed by atoms with van der Waals surface area (Å²) >= 11 is 0. The van der Waals surface area contributed by atoms with Gasteiger partial charge in [0.1, 0.15) is 0 Å². The van der Waals surface area contributed by atoms with Crippen LogP contribution in [-0.4, -0.2) is 37.4 Å². The Morgan fingerprint density at radius 1 is 1.30 bits per heavy atom. The second-order valence-electron chi connectivity index (χ2n) is 5.52. The molecule has 0 saturated carbocycles. The van der Waals surface area contributed by atoms with Crippen LogP contribution in [0.25, 0.3) is 0 Å². The van der Waals surface area contributed by atoms with Gasteiger partial charge in [-0.1, -0.05) is 24.6 Å². The summed E-state index contributed by atoms with van der Waals surface area (Å²) in [4.78, 5) is 17.5. The van der Waals surface area contributed by atoms with E-state index in [2.05, 4.69) is 21.8 Å². The molecule has 0 bridgehead atoms. The fraction of sp³-hybridized carbons (Fsp3) is 0.444. The van der Waals surface area contributed by atoms with Gasteiger partial charge in [-0.3, -0.25) is 9.79 Å². The van der Waals surface area contributed by atoms with E-state index in [0.717, 1.165) is 30.9 Å². The smallest absolute Gasteiger partial charge is 0.248 e. The van der Waals surface area contributed by atoms with Gasteiger partial charge in [-0.25, -0.2) is 0 Å². The molecule has 0 heterocycles. The van der Waals surface area contributed by atoms with Crippen LogP contribution in [-0.2, 0) is 6.54 Å². The largest absolute Gasteiger partial charge is 0.366 e. The van der Waals surface area contributed by atoms with Gasteiger partial charge in [0.25, 0.3) is 0 Å². The third-order valence-electron chi connectivity index (χ3n) is 3.66. The number of nitrogens with one attached hydrogen (secondary N) is 1. The van der Waals surface area contributed by atoms with Crippen molar-refractivity contribution in [3.05, 3.63) is 48.0 Å². The predicted molar refractivity (Wildman–Crippen MR) is 96.5 cm³/mol. The molecule has 1 rings (SSSR count). The summed E-state index contributed by atoms with van der Waals surface area (Å²) in [5.74, 6) is 0.462. The first-order valence-electron chi connectivity index (χ1n) is 8.00. The lowest BCUT2D eigenvalue weighted by atomic mass is 10.1. The second kappa shape index (κ2) is 10.4. The van der Waals surface area contributed by atoms with E-state index >= 15 is 0 Å². The van der Waals surface area contributed by atoms with Crippen LogP contribution in [0.5, 0.6) is 0 Å². The zero-order chi connectivity index (χ0) is 17.1. The van der Waals surface area contributed by atoms with Gasteiger partial charge in [0.2, 0.25) is 5.91 Å². The molecular weight excluding hydrogens is 288 g/mol. The van der Waals surface area contributed by atoms with Gasteiger partial charge < -0.3 is 16.0 Å². The van der Waals surface area contributed by atoms with Crippen molar-refractivity contribution < 1.29 is 4.79 Å². The van der Waals surface area contributed by atoms with Crippen LogP contribution in [0.1, 0.15) is 41.6 Å². The summed E-state index contributed by atoms with van der Waals surface area (Å²) in [5, 5.41) is 3.33. The van der Waals surface area contributed by atoms with Crippen LogP contribution in [0.3, 0.4) is 0 Å². The lowest BCUT2D eigenvalue weighted by molar-refractivity contribution is 0.100. The van der Waals surface area contributed by atoms with E-state index in [1.807, 2.05) is 25.3 Å². The standard InChI is InChI=1S/C18H28N4O/c1-4-5-6-7-8-13-22(3)18(20-2)21-14-15-9-11-16(12-10-15)17(19)23/h4,9-12H,1,5-8,13-14H2,2-3H3,(H2,19,23)(H,20,21). The summed E-state index contributed by atoms with van der Waals surface area (Å²) in [6.45, 7) is 5.37. The molecule has 23 heavy (non-hydrogen) atoms. The Morgan fingerprint density at radius 3 is 2.57 bits per heavy atom. The molecule has 0 aliphatic carbocycles. The molecule has 126 valence electrons. The Labute approximate surface area is 139 Å². The van der Waals surface area contributed by atoms with Crippen molar-refractivity contribution in [2.24, 2.45) is 10.7 Å². The van der Waals surface area contributed by atoms with Gasteiger partial charge in [0.05, 0.1) is 0 Å². The molecule has 0 aliphatic heterocycles. The Hall–Kier alpha value is -2.30. The number of hydrogen-bond donors (Lipinski definition) is 2. The SMILES string of the molecule is C=CCCCCCN(C)C(=NC)NCc1ccc(C(N)=O)cc1. The van der Waals surface area contributed by atoms with Crippen LogP contribution in [0.2, 0.25) is 0 Å². The fourth-order valence-electron chi connectivity index (χ4n) is 2.27. The van der Waals surface area contributed by atoms with Crippen molar-refractivity contribution in [3.63, 3.8) is 0 Å². The van der Waals surface area contributed by atoms with Crippen LogP contribution < -0.4 is 11.1 Å². The zero-order valence-electron chi connectivity index (χ0n) is 14.2. The molecule has 5 heteroatoms. The van der Waals surface area contributed by atoms with E-state index in [4.69, 9.17) is 5.73 Å². The maximum absolute atomic E-state index is 11.1. The number of allylic oxidation sites excluding steroid dienone is 1. The summed E-state index contributed by atoms with van der Waals surface area (Å²) in [7, 11) is 3.83. The summed E-state index contributed by atoms with van der Waals surface area (Å²) in [5.41, 5.74) is 6.84. The lowest BCUT2D eigenvalue weighted by Crippen LogP contribution is -2.39. The van der Waals surface area contributed by atoms with Crippen molar-refractivity contribution in [1.82, 2.24) is 10.2 Å². The topological polar surface area (TPSA) is 70.7 Å². The van der Waals surface area contributed by atoms with Crippen molar-refractivity contribution >= 4 is 11.9 Å². The Bertz CT molecular complexity index is 522. The number of rotatable bonds is 9. The van der Waals surface area contributed by atoms with Crippen LogP contribution in [0.15, 0.2) is 41.9 Å². The van der Waals surface area contributed by atoms with Crippen molar-refractivity contribution in [3.8, 4) is 0 Å². The first-order valence-corrected chi connectivity index (χ1v) is 8.00. The van der Waals surface area contributed by atoms with E-state index in [-0.39, 0.29) is 0 Å². The fourth-order valence-corrected chi connectivity index (χ4v) is 2.27. The number of benzene rings is 1. The normalized spacial score (nSPS) is 11.1. The summed E-state index contributed by atoms with van der Waals surface area (Å²) in [6.07, 6.45) is 6.57. The van der Waals surface area contributed by atoms with Gasteiger partial charge in [-0.05, 0) is 37.0 Å². The zero-order valence-corrected chi connectivity index (χ0v) is 14.2. The number of hydrogen-bond acceptors (Lipinski definition) is 2. The van der Waals surface area contributed by atoms with Gasteiger partial charge in [0.15, 0.2) is 5.96 Å². The second-order valence-corrected chi connectivity index (χ2v) is 5.52. The van der Waals surface area contributed by atoms with E-state index in [1.165, 1.54) is 12.8 Å². The number of guanidine groups is 1. The molecule has 1 aromatic carbocycles. The number of unbranched alkanes of at least 4 members (excludes halogenated alkanes) is 3. The number of nitrogens with two attached hydrogens (primary N) is 1. The average molecular weight is 316 g/mol. The number of amides is 1. The first kappa shape index (κ1) is 18.7. The van der Waals surface area contributed by atoms with Crippen LogP contribution in [0.4, 0.5) is 0 Å². The monoisotopic (exact) mass is 316 g/mol. The highest BCUT2D eigenvalue weighted by atomic mass is 16.1. The number of carbonyl (C=O) groups is 1. The molecule has 0 atom stereocenters. The van der Waals surface area contributed by atoms with Crippen molar-refractivity contribution in [2.45, 2.75) is 32.2 Å². The van der Waals surface area contributed by atoms with E-state index in [0.29, 0.717) is 12.1 Å². The minimum atomic E-state index is -0.406. The Balaban J connectivity index is 2.40. The molecule has 0 unspecified atom stereocenters. The highest BCUT2D eigenvalue weighted by Crippen LogP contribution is 2.05. The lowest BCUT2D eigenvalue weighted by Gasteiger charge is -2.22. The predicted octanol–water partition coefficient (Wildman–Crippen LogP) is 2.54. The molecule has 1 amide bonds. The number of aliphatic imine (C=N–C) groups is 1. The summed E-state index contributed by atoms with van der Waals surface area (Å²) in [6, 6.07) is 7.28. The molecule has 0 saturated heterocycles. The van der Waals surface area contributed by atoms with E-state index in [9.17, 15) is 4.79 Å². The third-order valence-corrected chi connectivity index (χ3v) is 3.66. The average Bonchev–Trinajstić information content (AvgIpc) is 2.55. The minimum Gasteiger partial charge on any atom is -0.366 e. The quantitative estimate of drug-likeness (QED) is 0.318. The molecule has 0 aliphatic rings. The maximum Gasteiger partial charge on any atom is 0.248 e. The third kappa shape index (κ3) is 7.00. The molecule has 1 aromatic rings. The van der Waals surface area contributed by atoms with E-state index < -0.39 is 5.91 Å². The number of primary amides is 1. The molecule has 0 fully saturated rings.